The predicted molar refractivity (Wildman–Crippen MR) is 126 cm³/mol. The van der Waals surface area contributed by atoms with E-state index in [2.05, 4.69) is 36.0 Å². The number of ether oxygens (including phenoxy) is 1. The largest absolute Gasteiger partial charge is 0.408 e. The maximum absolute atomic E-state index is 15.0. The molecule has 0 bridgehead atoms. The number of likely N-dealkylation sites (tertiary alicyclic amines) is 1. The highest BCUT2D eigenvalue weighted by Gasteiger charge is 2.47. The lowest BCUT2D eigenvalue weighted by Gasteiger charge is -2.44. The molecular weight excluding hydrogens is 515 g/mol. The molecule has 0 aliphatic carbocycles. The first-order valence-electron chi connectivity index (χ1n) is 11.9. The maximum Gasteiger partial charge on any atom is 0.408 e. The third-order valence-corrected chi connectivity index (χ3v) is 6.78. The molecule has 0 unspecified atom stereocenters. The van der Waals surface area contributed by atoms with Gasteiger partial charge in [-0.05, 0) is 24.6 Å². The number of nitrogens with one attached hydrogen (secondary N) is 2. The van der Waals surface area contributed by atoms with Gasteiger partial charge in [-0.1, -0.05) is 5.21 Å². The van der Waals surface area contributed by atoms with E-state index in [1.54, 1.807) is 30.3 Å². The summed E-state index contributed by atoms with van der Waals surface area (Å²) in [6.45, 7) is -0.253. The summed E-state index contributed by atoms with van der Waals surface area (Å²) in [5.74, 6) is -2.65. The van der Waals surface area contributed by atoms with Gasteiger partial charge in [-0.25, -0.2) is 23.0 Å². The van der Waals surface area contributed by atoms with Crippen molar-refractivity contribution in [2.45, 2.75) is 37.1 Å². The molecule has 38 heavy (non-hydrogen) atoms. The number of aromatic nitrogens is 7. The van der Waals surface area contributed by atoms with Crippen molar-refractivity contribution in [1.82, 2.24) is 39.5 Å². The lowest BCUT2D eigenvalue weighted by Crippen LogP contribution is -2.61. The van der Waals surface area contributed by atoms with Crippen molar-refractivity contribution < 1.29 is 26.7 Å². The second-order valence-electron chi connectivity index (χ2n) is 9.37. The van der Waals surface area contributed by atoms with Gasteiger partial charge in [-0.15, -0.1) is 10.2 Å². The van der Waals surface area contributed by atoms with E-state index in [9.17, 15) is 22.0 Å². The third-order valence-electron chi connectivity index (χ3n) is 6.78. The number of fused-ring (bicyclic) bond motifs is 2. The molecule has 6 heterocycles. The van der Waals surface area contributed by atoms with Crippen LogP contribution in [0.4, 0.5) is 33.7 Å². The first kappa shape index (κ1) is 24.7. The molecule has 0 amide bonds. The standard InChI is InChI=1S/C22H23F5N10O/c1-28-18-17-13(14-2-3-15-19(29-14)37(34-32-15)11-22(25,26)27)4-7-36(17)33-20(31-18)30-16-5-6-35(10-21(16,23)24)12-8-38-9-12/h2-4,7,12,16H,5-6,8-11H2,1H3,(H2,28,30,31,33)/t16-/m1/s1. The van der Waals surface area contributed by atoms with Gasteiger partial charge in [0.1, 0.15) is 17.6 Å². The Hall–Kier alpha value is -3.66. The first-order valence-corrected chi connectivity index (χ1v) is 11.9. The number of nitrogens with zero attached hydrogens (tertiary/aromatic N) is 8. The maximum atomic E-state index is 15.0. The van der Waals surface area contributed by atoms with Crippen molar-refractivity contribution in [2.75, 3.05) is 44.0 Å². The van der Waals surface area contributed by atoms with Crippen molar-refractivity contribution in [1.29, 1.82) is 0 Å². The predicted octanol–water partition coefficient (Wildman–Crippen LogP) is 2.66. The molecule has 16 heteroatoms. The minimum absolute atomic E-state index is 0.0185. The lowest BCUT2D eigenvalue weighted by atomic mass is 9.98. The zero-order chi connectivity index (χ0) is 26.7. The summed E-state index contributed by atoms with van der Waals surface area (Å²) in [5, 5.41) is 17.4. The second kappa shape index (κ2) is 8.97. The average Bonchev–Trinajstić information content (AvgIpc) is 3.42. The fourth-order valence-corrected chi connectivity index (χ4v) is 4.79. The van der Waals surface area contributed by atoms with Crippen LogP contribution < -0.4 is 10.6 Å². The minimum atomic E-state index is -4.49. The molecule has 2 aliphatic rings. The van der Waals surface area contributed by atoms with Crippen LogP contribution in [0.3, 0.4) is 0 Å². The van der Waals surface area contributed by atoms with Crippen LogP contribution in [0.1, 0.15) is 6.42 Å². The van der Waals surface area contributed by atoms with Crippen molar-refractivity contribution in [3.05, 3.63) is 24.4 Å². The number of piperidine rings is 1. The van der Waals surface area contributed by atoms with Crippen LogP contribution in [0, 0.1) is 0 Å². The van der Waals surface area contributed by atoms with Crippen LogP contribution in [0.15, 0.2) is 24.4 Å². The molecule has 11 nitrogen and oxygen atoms in total. The van der Waals surface area contributed by atoms with E-state index in [1.807, 2.05) is 0 Å². The number of hydrogen-bond acceptors (Lipinski definition) is 9. The van der Waals surface area contributed by atoms with Gasteiger partial charge < -0.3 is 15.4 Å². The molecule has 2 N–H and O–H groups in total. The SMILES string of the molecule is CNc1nc(N[C@@H]2CCN(C3COC3)CC2(F)F)nn2ccc(-c3ccc4nnn(CC(F)(F)F)c4n3)c12. The topological polar surface area (TPSA) is 110 Å². The highest BCUT2D eigenvalue weighted by atomic mass is 19.4. The molecule has 2 saturated heterocycles. The minimum Gasteiger partial charge on any atom is -0.378 e. The molecule has 0 radical (unpaired) electrons. The van der Waals surface area contributed by atoms with Gasteiger partial charge in [0, 0.05) is 25.4 Å². The number of alkyl halides is 5. The normalized spacial score (nSPS) is 20.6. The molecule has 0 saturated carbocycles. The van der Waals surface area contributed by atoms with Crippen molar-refractivity contribution >= 4 is 28.4 Å². The van der Waals surface area contributed by atoms with Crippen LogP contribution in [-0.4, -0.2) is 97.0 Å². The van der Waals surface area contributed by atoms with E-state index in [0.29, 0.717) is 47.0 Å². The Labute approximate surface area is 212 Å². The van der Waals surface area contributed by atoms with Crippen molar-refractivity contribution in [3.8, 4) is 11.3 Å². The summed E-state index contributed by atoms with van der Waals surface area (Å²) in [6.07, 6.45) is -2.68. The Morgan fingerprint density at radius 1 is 1.16 bits per heavy atom. The zero-order valence-electron chi connectivity index (χ0n) is 20.1. The molecule has 2 aliphatic heterocycles. The van der Waals surface area contributed by atoms with Gasteiger partial charge in [0.25, 0.3) is 5.92 Å². The Morgan fingerprint density at radius 3 is 2.66 bits per heavy atom. The smallest absolute Gasteiger partial charge is 0.378 e. The quantitative estimate of drug-likeness (QED) is 0.358. The molecule has 2 fully saturated rings. The Kier molecular flexibility index (Phi) is 5.82. The molecular formula is C22H23F5N10O. The fourth-order valence-electron chi connectivity index (χ4n) is 4.79. The second-order valence-corrected chi connectivity index (χ2v) is 9.37. The van der Waals surface area contributed by atoms with E-state index in [-0.39, 0.29) is 36.1 Å². The van der Waals surface area contributed by atoms with Gasteiger partial charge in [0.15, 0.2) is 11.5 Å². The van der Waals surface area contributed by atoms with Crippen LogP contribution in [-0.2, 0) is 11.3 Å². The summed E-state index contributed by atoms with van der Waals surface area (Å²) in [5.41, 5.74) is 1.56. The molecule has 4 aromatic rings. The highest BCUT2D eigenvalue weighted by Crippen LogP contribution is 2.33. The van der Waals surface area contributed by atoms with Crippen LogP contribution in [0.2, 0.25) is 0 Å². The summed E-state index contributed by atoms with van der Waals surface area (Å²) < 4.78 is 76.1. The molecule has 6 rings (SSSR count). The first-order chi connectivity index (χ1) is 18.1. The van der Waals surface area contributed by atoms with Gasteiger partial charge in [0.05, 0.1) is 37.5 Å². The Morgan fingerprint density at radius 2 is 1.97 bits per heavy atom. The summed E-state index contributed by atoms with van der Waals surface area (Å²) in [6, 6.07) is 3.69. The van der Waals surface area contributed by atoms with Crippen LogP contribution in [0.25, 0.3) is 27.9 Å². The van der Waals surface area contributed by atoms with Gasteiger partial charge in [-0.2, -0.15) is 18.2 Å². The van der Waals surface area contributed by atoms with Crippen LogP contribution in [0.5, 0.6) is 0 Å². The van der Waals surface area contributed by atoms with E-state index < -0.39 is 24.7 Å². The molecule has 202 valence electrons. The number of pyridine rings is 1. The van der Waals surface area contributed by atoms with Crippen molar-refractivity contribution in [3.63, 3.8) is 0 Å². The highest BCUT2D eigenvalue weighted by molar-refractivity contribution is 5.89. The number of anilines is 2. The number of halogens is 5. The van der Waals surface area contributed by atoms with E-state index in [4.69, 9.17) is 4.74 Å². The summed E-state index contributed by atoms with van der Waals surface area (Å²) in [7, 11) is 1.62. The van der Waals surface area contributed by atoms with Gasteiger partial charge >= 0.3 is 6.18 Å². The van der Waals surface area contributed by atoms with Gasteiger partial charge in [-0.3, -0.25) is 4.90 Å². The Balaban J connectivity index is 1.30. The third kappa shape index (κ3) is 4.47. The number of hydrogen-bond donors (Lipinski definition) is 2. The molecule has 0 spiro atoms. The summed E-state index contributed by atoms with van der Waals surface area (Å²) >= 11 is 0. The van der Waals surface area contributed by atoms with Gasteiger partial charge in [0.2, 0.25) is 5.95 Å². The van der Waals surface area contributed by atoms with Crippen LogP contribution >= 0.6 is 0 Å². The molecule has 4 aromatic heterocycles. The van der Waals surface area contributed by atoms with E-state index >= 15 is 0 Å². The van der Waals surface area contributed by atoms with E-state index in [0.717, 1.165) is 0 Å². The van der Waals surface area contributed by atoms with E-state index in [1.165, 1.54) is 10.6 Å². The molecule has 1 atom stereocenters. The van der Waals surface area contributed by atoms with Crippen molar-refractivity contribution in [2.24, 2.45) is 0 Å². The average molecular weight is 538 g/mol. The fraction of sp³-hybridized carbons (Fsp3) is 0.500. The number of rotatable bonds is 6. The summed E-state index contributed by atoms with van der Waals surface area (Å²) in [4.78, 5) is 10.5. The monoisotopic (exact) mass is 538 g/mol. The zero-order valence-corrected chi connectivity index (χ0v) is 20.1. The molecule has 0 aromatic carbocycles. The lowest BCUT2D eigenvalue weighted by molar-refractivity contribution is -0.142. The Bertz CT molecular complexity index is 1480.